The average Bonchev–Trinajstić information content (AvgIpc) is 2.14. The highest BCUT2D eigenvalue weighted by Crippen LogP contribution is 2.24. The molecule has 0 aliphatic heterocycles. The van der Waals surface area contributed by atoms with E-state index >= 15 is 0 Å². The van der Waals surface area contributed by atoms with Gasteiger partial charge in [0.1, 0.15) is 5.76 Å². The van der Waals surface area contributed by atoms with Gasteiger partial charge in [0.25, 0.3) is 0 Å². The lowest BCUT2D eigenvalue weighted by molar-refractivity contribution is 0.509. The molecule has 2 heteroatoms. The first kappa shape index (κ1) is 13.0. The number of hydrogen-bond acceptors (Lipinski definition) is 1. The molecule has 0 unspecified atom stereocenters. The Morgan fingerprint density at radius 2 is 1.50 bits per heavy atom. The zero-order chi connectivity index (χ0) is 12.3. The van der Waals surface area contributed by atoms with E-state index in [9.17, 15) is 0 Å². The smallest absolute Gasteiger partial charge is 0.242 e. The monoisotopic (exact) mass is 234 g/mol. The fourth-order valence-electron chi connectivity index (χ4n) is 1.46. The van der Waals surface area contributed by atoms with Gasteiger partial charge in [-0.25, -0.2) is 0 Å². The van der Waals surface area contributed by atoms with Gasteiger partial charge in [0.15, 0.2) is 0 Å². The van der Waals surface area contributed by atoms with Crippen molar-refractivity contribution in [2.45, 2.75) is 40.4 Å². The minimum absolute atomic E-state index is 1.05. The Morgan fingerprint density at radius 3 is 1.88 bits per heavy atom. The first-order valence-electron chi connectivity index (χ1n) is 5.73. The van der Waals surface area contributed by atoms with Crippen LogP contribution in [0.25, 0.3) is 5.76 Å². The highest BCUT2D eigenvalue weighted by Gasteiger charge is 2.19. The van der Waals surface area contributed by atoms with Gasteiger partial charge < -0.3 is 4.43 Å². The summed E-state index contributed by atoms with van der Waals surface area (Å²) in [6.07, 6.45) is 0. The highest BCUT2D eigenvalue weighted by molar-refractivity contribution is 6.70. The van der Waals surface area contributed by atoms with Crippen LogP contribution in [0.15, 0.2) is 29.8 Å². The fourth-order valence-corrected chi connectivity index (χ4v) is 2.40. The number of allylic oxidation sites excluding steroid dienone is 1. The maximum atomic E-state index is 6.14. The quantitative estimate of drug-likeness (QED) is 0.549. The standard InChI is InChI=1S/C14H22OSi/c1-11(2)14(15-16(4,5)6)13-9-7-12(3)8-10-13/h7-10H,1-6H3. The van der Waals surface area contributed by atoms with Gasteiger partial charge in [-0.15, -0.1) is 0 Å². The molecule has 0 fully saturated rings. The normalized spacial score (nSPS) is 11.1. The molecule has 16 heavy (non-hydrogen) atoms. The molecule has 1 nitrogen and oxygen atoms in total. The van der Waals surface area contributed by atoms with Gasteiger partial charge in [-0.05, 0) is 46.0 Å². The summed E-state index contributed by atoms with van der Waals surface area (Å²) in [5.41, 5.74) is 3.71. The molecule has 0 heterocycles. The number of hydrogen-bond donors (Lipinski definition) is 0. The van der Waals surface area contributed by atoms with E-state index in [0.717, 1.165) is 5.76 Å². The van der Waals surface area contributed by atoms with Crippen LogP contribution in [0.3, 0.4) is 0 Å². The SMILES string of the molecule is CC(C)=C(O[Si](C)(C)C)c1ccc(C)cc1. The van der Waals surface area contributed by atoms with Crippen molar-refractivity contribution in [3.63, 3.8) is 0 Å². The third kappa shape index (κ3) is 3.85. The number of benzene rings is 1. The van der Waals surface area contributed by atoms with Gasteiger partial charge in [0, 0.05) is 5.56 Å². The van der Waals surface area contributed by atoms with Crippen molar-refractivity contribution in [3.8, 4) is 0 Å². The van der Waals surface area contributed by atoms with E-state index in [-0.39, 0.29) is 0 Å². The molecule has 0 aliphatic carbocycles. The number of rotatable bonds is 3. The summed E-state index contributed by atoms with van der Waals surface area (Å²) < 4.78 is 6.14. The van der Waals surface area contributed by atoms with Gasteiger partial charge in [-0.2, -0.15) is 0 Å². The lowest BCUT2D eigenvalue weighted by Crippen LogP contribution is -2.24. The Hall–Kier alpha value is -1.02. The summed E-state index contributed by atoms with van der Waals surface area (Å²) in [6, 6.07) is 8.54. The van der Waals surface area contributed by atoms with Crippen LogP contribution in [0, 0.1) is 6.92 Å². The van der Waals surface area contributed by atoms with E-state index < -0.39 is 8.32 Å². The van der Waals surface area contributed by atoms with E-state index in [1.807, 2.05) is 0 Å². The molecule has 1 rings (SSSR count). The van der Waals surface area contributed by atoms with Crippen LogP contribution in [0.1, 0.15) is 25.0 Å². The van der Waals surface area contributed by atoms with Gasteiger partial charge in [0.05, 0.1) is 0 Å². The molecule has 0 radical (unpaired) electrons. The van der Waals surface area contributed by atoms with Crippen molar-refractivity contribution in [2.24, 2.45) is 0 Å². The van der Waals surface area contributed by atoms with Gasteiger partial charge in [0.2, 0.25) is 8.32 Å². The topological polar surface area (TPSA) is 9.23 Å². The molecule has 0 aliphatic rings. The summed E-state index contributed by atoms with van der Waals surface area (Å²) in [6.45, 7) is 13.0. The molecule has 0 saturated carbocycles. The molecule has 0 N–H and O–H groups in total. The van der Waals surface area contributed by atoms with Crippen LogP contribution in [-0.2, 0) is 4.43 Å². The zero-order valence-electron chi connectivity index (χ0n) is 11.2. The van der Waals surface area contributed by atoms with E-state index in [4.69, 9.17) is 4.43 Å². The van der Waals surface area contributed by atoms with Crippen molar-refractivity contribution in [3.05, 3.63) is 41.0 Å². The Morgan fingerprint density at radius 1 is 1.00 bits per heavy atom. The van der Waals surface area contributed by atoms with Crippen molar-refractivity contribution in [1.82, 2.24) is 0 Å². The lowest BCUT2D eigenvalue weighted by Gasteiger charge is -2.23. The third-order valence-corrected chi connectivity index (χ3v) is 2.99. The van der Waals surface area contributed by atoms with Gasteiger partial charge >= 0.3 is 0 Å². The molecule has 88 valence electrons. The maximum absolute atomic E-state index is 6.14. The summed E-state index contributed by atoms with van der Waals surface area (Å²) in [5.74, 6) is 1.05. The van der Waals surface area contributed by atoms with Crippen LogP contribution >= 0.6 is 0 Å². The first-order chi connectivity index (χ1) is 7.29. The lowest BCUT2D eigenvalue weighted by atomic mass is 10.1. The van der Waals surface area contributed by atoms with Crippen LogP contribution in [0.5, 0.6) is 0 Å². The second-order valence-electron chi connectivity index (χ2n) is 5.41. The van der Waals surface area contributed by atoms with E-state index in [2.05, 4.69) is 64.7 Å². The molecule has 0 aromatic heterocycles. The van der Waals surface area contributed by atoms with E-state index in [1.54, 1.807) is 0 Å². The summed E-state index contributed by atoms with van der Waals surface area (Å²) >= 11 is 0. The molecule has 0 amide bonds. The average molecular weight is 234 g/mol. The largest absolute Gasteiger partial charge is 0.544 e. The third-order valence-electron chi connectivity index (χ3n) is 2.18. The minimum atomic E-state index is -1.54. The molecule has 1 aromatic rings. The number of aryl methyl sites for hydroxylation is 1. The van der Waals surface area contributed by atoms with Crippen molar-refractivity contribution >= 4 is 14.1 Å². The maximum Gasteiger partial charge on any atom is 0.242 e. The second kappa shape index (κ2) is 4.87. The Labute approximate surface area is 100 Å². The van der Waals surface area contributed by atoms with Crippen LogP contribution < -0.4 is 0 Å². The molecule has 0 atom stereocenters. The Bertz CT molecular complexity index is 378. The molecule has 1 aromatic carbocycles. The van der Waals surface area contributed by atoms with Crippen molar-refractivity contribution < 1.29 is 4.43 Å². The van der Waals surface area contributed by atoms with Crippen molar-refractivity contribution in [2.75, 3.05) is 0 Å². The first-order valence-corrected chi connectivity index (χ1v) is 9.14. The Kier molecular flexibility index (Phi) is 3.97. The van der Waals surface area contributed by atoms with Gasteiger partial charge in [-0.1, -0.05) is 29.8 Å². The minimum Gasteiger partial charge on any atom is -0.544 e. The fraction of sp³-hybridized carbons (Fsp3) is 0.429. The zero-order valence-corrected chi connectivity index (χ0v) is 12.2. The molecule has 0 saturated heterocycles. The highest BCUT2D eigenvalue weighted by atomic mass is 28.4. The molecular formula is C14H22OSi. The predicted molar refractivity (Wildman–Crippen MR) is 73.9 cm³/mol. The summed E-state index contributed by atoms with van der Waals surface area (Å²) in [5, 5.41) is 0. The van der Waals surface area contributed by atoms with Crippen LogP contribution in [-0.4, -0.2) is 8.32 Å². The molecular weight excluding hydrogens is 212 g/mol. The van der Waals surface area contributed by atoms with Crippen LogP contribution in [0.2, 0.25) is 19.6 Å². The summed E-state index contributed by atoms with van der Waals surface area (Å²) in [4.78, 5) is 0. The second-order valence-corrected chi connectivity index (χ2v) is 9.84. The molecule has 0 bridgehead atoms. The van der Waals surface area contributed by atoms with Crippen molar-refractivity contribution in [1.29, 1.82) is 0 Å². The van der Waals surface area contributed by atoms with E-state index in [1.165, 1.54) is 16.7 Å². The van der Waals surface area contributed by atoms with E-state index in [0.29, 0.717) is 0 Å². The predicted octanol–water partition coefficient (Wildman–Crippen LogP) is 4.60. The Balaban J connectivity index is 3.06. The summed E-state index contributed by atoms with van der Waals surface area (Å²) in [7, 11) is -1.54. The van der Waals surface area contributed by atoms with Crippen LogP contribution in [0.4, 0.5) is 0 Å². The van der Waals surface area contributed by atoms with Gasteiger partial charge in [-0.3, -0.25) is 0 Å². The molecule has 0 spiro atoms.